The molecule has 1 aromatic carbocycles. The van der Waals surface area contributed by atoms with Gasteiger partial charge in [-0.1, -0.05) is 47.7 Å². The molecular weight excluding hydrogens is 294 g/mol. The van der Waals surface area contributed by atoms with Gasteiger partial charge in [-0.05, 0) is 24.6 Å². The SMILES string of the molecule is Cc1ccc(CSc2nncn2N=Cc2ccccn2)cc1. The van der Waals surface area contributed by atoms with Gasteiger partial charge in [0, 0.05) is 11.9 Å². The van der Waals surface area contributed by atoms with Gasteiger partial charge < -0.3 is 0 Å². The van der Waals surface area contributed by atoms with E-state index >= 15 is 0 Å². The van der Waals surface area contributed by atoms with Gasteiger partial charge in [-0.2, -0.15) is 9.78 Å². The molecule has 2 heterocycles. The Bertz CT molecular complexity index is 750. The van der Waals surface area contributed by atoms with Crippen molar-refractivity contribution in [1.82, 2.24) is 19.9 Å². The molecule has 0 aliphatic heterocycles. The van der Waals surface area contributed by atoms with Gasteiger partial charge in [-0.25, -0.2) is 0 Å². The summed E-state index contributed by atoms with van der Waals surface area (Å²) in [6.07, 6.45) is 5.02. The first kappa shape index (κ1) is 14.5. The molecule has 2 aromatic heterocycles. The van der Waals surface area contributed by atoms with E-state index in [1.54, 1.807) is 35.2 Å². The predicted molar refractivity (Wildman–Crippen MR) is 88.0 cm³/mol. The number of aryl methyl sites for hydroxylation is 1. The zero-order chi connectivity index (χ0) is 15.2. The fourth-order valence-electron chi connectivity index (χ4n) is 1.80. The van der Waals surface area contributed by atoms with Crippen molar-refractivity contribution in [1.29, 1.82) is 0 Å². The molecule has 110 valence electrons. The number of aromatic nitrogens is 4. The van der Waals surface area contributed by atoms with Crippen LogP contribution in [0.5, 0.6) is 0 Å². The summed E-state index contributed by atoms with van der Waals surface area (Å²) in [5.41, 5.74) is 3.31. The summed E-state index contributed by atoms with van der Waals surface area (Å²) in [6, 6.07) is 14.2. The molecule has 3 rings (SSSR count). The average molecular weight is 309 g/mol. The standard InChI is InChI=1S/C16H15N5S/c1-13-5-7-14(8-6-13)11-22-16-20-18-12-21(16)19-10-15-4-2-3-9-17-15/h2-10,12H,11H2,1H3. The highest BCUT2D eigenvalue weighted by Gasteiger charge is 2.04. The fourth-order valence-corrected chi connectivity index (χ4v) is 2.62. The number of hydrogen-bond donors (Lipinski definition) is 0. The van der Waals surface area contributed by atoms with Crippen LogP contribution in [0.2, 0.25) is 0 Å². The van der Waals surface area contributed by atoms with Crippen LogP contribution < -0.4 is 0 Å². The molecule has 0 N–H and O–H groups in total. The van der Waals surface area contributed by atoms with Crippen molar-refractivity contribution in [3.05, 3.63) is 71.8 Å². The van der Waals surface area contributed by atoms with Crippen molar-refractivity contribution >= 4 is 18.0 Å². The van der Waals surface area contributed by atoms with Gasteiger partial charge in [0.1, 0.15) is 6.33 Å². The van der Waals surface area contributed by atoms with E-state index in [0.717, 1.165) is 16.6 Å². The highest BCUT2D eigenvalue weighted by molar-refractivity contribution is 7.98. The Morgan fingerprint density at radius 2 is 2.05 bits per heavy atom. The van der Waals surface area contributed by atoms with Crippen molar-refractivity contribution in [2.45, 2.75) is 17.8 Å². The van der Waals surface area contributed by atoms with E-state index in [1.807, 2.05) is 18.2 Å². The molecule has 0 radical (unpaired) electrons. The zero-order valence-electron chi connectivity index (χ0n) is 12.1. The number of nitrogens with zero attached hydrogens (tertiary/aromatic N) is 5. The Hall–Kier alpha value is -2.47. The molecular formula is C16H15N5S. The van der Waals surface area contributed by atoms with Crippen LogP contribution in [-0.2, 0) is 5.75 Å². The summed E-state index contributed by atoms with van der Waals surface area (Å²) in [7, 11) is 0. The van der Waals surface area contributed by atoms with Crippen LogP contribution in [0.4, 0.5) is 0 Å². The predicted octanol–water partition coefficient (Wildman–Crippen LogP) is 3.16. The molecule has 0 amide bonds. The Balaban J connectivity index is 1.67. The van der Waals surface area contributed by atoms with Gasteiger partial charge in [0.15, 0.2) is 0 Å². The molecule has 3 aromatic rings. The first-order valence-electron chi connectivity index (χ1n) is 6.85. The minimum absolute atomic E-state index is 0.757. The third-order valence-electron chi connectivity index (χ3n) is 2.99. The second-order valence-electron chi connectivity index (χ2n) is 4.73. The lowest BCUT2D eigenvalue weighted by molar-refractivity contribution is 0.766. The number of benzene rings is 1. The minimum atomic E-state index is 0.757. The largest absolute Gasteiger partial charge is 0.255 e. The molecule has 0 unspecified atom stereocenters. The second-order valence-corrected chi connectivity index (χ2v) is 5.67. The fraction of sp³-hybridized carbons (Fsp3) is 0.125. The van der Waals surface area contributed by atoms with E-state index in [0.29, 0.717) is 0 Å². The van der Waals surface area contributed by atoms with Crippen LogP contribution >= 0.6 is 11.8 Å². The quantitative estimate of drug-likeness (QED) is 0.536. The number of hydrogen-bond acceptors (Lipinski definition) is 5. The first-order chi connectivity index (χ1) is 10.8. The molecule has 0 bridgehead atoms. The van der Waals surface area contributed by atoms with Crippen LogP contribution in [0.15, 0.2) is 65.2 Å². The molecule has 0 saturated carbocycles. The summed E-state index contributed by atoms with van der Waals surface area (Å²) in [4.78, 5) is 4.20. The van der Waals surface area contributed by atoms with E-state index in [-0.39, 0.29) is 0 Å². The Kier molecular flexibility index (Phi) is 4.60. The van der Waals surface area contributed by atoms with Gasteiger partial charge in [-0.15, -0.1) is 10.2 Å². The first-order valence-corrected chi connectivity index (χ1v) is 7.83. The van der Waals surface area contributed by atoms with E-state index in [2.05, 4.69) is 51.5 Å². The lowest BCUT2D eigenvalue weighted by atomic mass is 10.2. The van der Waals surface area contributed by atoms with Crippen LogP contribution in [0.25, 0.3) is 0 Å². The monoisotopic (exact) mass is 309 g/mol. The summed E-state index contributed by atoms with van der Waals surface area (Å²) < 4.78 is 1.66. The second kappa shape index (κ2) is 7.00. The molecule has 5 nitrogen and oxygen atoms in total. The molecule has 0 aliphatic rings. The third-order valence-corrected chi connectivity index (χ3v) is 4.00. The average Bonchev–Trinajstić information content (AvgIpc) is 3.01. The topological polar surface area (TPSA) is 56.0 Å². The van der Waals surface area contributed by atoms with E-state index < -0.39 is 0 Å². The third kappa shape index (κ3) is 3.79. The van der Waals surface area contributed by atoms with Crippen LogP contribution in [0.1, 0.15) is 16.8 Å². The smallest absolute Gasteiger partial charge is 0.212 e. The normalized spacial score (nSPS) is 11.1. The van der Waals surface area contributed by atoms with Crippen molar-refractivity contribution < 1.29 is 0 Å². The summed E-state index contributed by atoms with van der Waals surface area (Å²) in [5.74, 6) is 0.831. The van der Waals surface area contributed by atoms with Crippen LogP contribution in [-0.4, -0.2) is 26.1 Å². The zero-order valence-corrected chi connectivity index (χ0v) is 12.9. The molecule has 0 saturated heterocycles. The maximum atomic E-state index is 4.35. The van der Waals surface area contributed by atoms with E-state index in [9.17, 15) is 0 Å². The number of pyridine rings is 1. The molecule has 0 fully saturated rings. The van der Waals surface area contributed by atoms with Crippen molar-refractivity contribution in [2.24, 2.45) is 5.10 Å². The molecule has 0 spiro atoms. The van der Waals surface area contributed by atoms with Crippen molar-refractivity contribution in [3.8, 4) is 0 Å². The Labute approximate surface area is 133 Å². The maximum Gasteiger partial charge on any atom is 0.212 e. The lowest BCUT2D eigenvalue weighted by Crippen LogP contribution is -1.94. The molecule has 22 heavy (non-hydrogen) atoms. The van der Waals surface area contributed by atoms with Gasteiger partial charge >= 0.3 is 0 Å². The van der Waals surface area contributed by atoms with Crippen LogP contribution in [0, 0.1) is 6.92 Å². The highest BCUT2D eigenvalue weighted by Crippen LogP contribution is 2.20. The van der Waals surface area contributed by atoms with Gasteiger partial charge in [0.05, 0.1) is 11.9 Å². The van der Waals surface area contributed by atoms with Crippen molar-refractivity contribution in [2.75, 3.05) is 0 Å². The molecule has 0 atom stereocenters. The minimum Gasteiger partial charge on any atom is -0.255 e. The van der Waals surface area contributed by atoms with Crippen molar-refractivity contribution in [3.63, 3.8) is 0 Å². The van der Waals surface area contributed by atoms with E-state index in [1.165, 1.54) is 11.1 Å². The molecule has 6 heteroatoms. The Morgan fingerprint density at radius 3 is 2.82 bits per heavy atom. The van der Waals surface area contributed by atoms with Gasteiger partial charge in [0.2, 0.25) is 5.16 Å². The maximum absolute atomic E-state index is 4.35. The van der Waals surface area contributed by atoms with Gasteiger partial charge in [-0.3, -0.25) is 4.98 Å². The Morgan fingerprint density at radius 1 is 1.18 bits per heavy atom. The van der Waals surface area contributed by atoms with E-state index in [4.69, 9.17) is 0 Å². The molecule has 0 aliphatic carbocycles. The summed E-state index contributed by atoms with van der Waals surface area (Å²) in [6.45, 7) is 2.08. The number of thioether (sulfide) groups is 1. The highest BCUT2D eigenvalue weighted by atomic mass is 32.2. The summed E-state index contributed by atoms with van der Waals surface area (Å²) >= 11 is 1.60. The van der Waals surface area contributed by atoms with Crippen LogP contribution in [0.3, 0.4) is 0 Å². The summed E-state index contributed by atoms with van der Waals surface area (Å²) in [5, 5.41) is 13.1. The lowest BCUT2D eigenvalue weighted by Gasteiger charge is -2.02. The van der Waals surface area contributed by atoms with Gasteiger partial charge in [0.25, 0.3) is 0 Å². The number of rotatable bonds is 5.